The van der Waals surface area contributed by atoms with Gasteiger partial charge in [-0.15, -0.1) is 0 Å². The van der Waals surface area contributed by atoms with E-state index in [0.29, 0.717) is 5.69 Å². The molecule has 0 aliphatic carbocycles. The number of rotatable bonds is 3. The number of carbonyl (C=O) groups excluding carboxylic acids is 1. The second kappa shape index (κ2) is 5.85. The Morgan fingerprint density at radius 2 is 1.92 bits per heavy atom. The van der Waals surface area contributed by atoms with Crippen molar-refractivity contribution in [1.82, 2.24) is 0 Å². The Morgan fingerprint density at radius 3 is 2.38 bits per heavy atom. The summed E-state index contributed by atoms with van der Waals surface area (Å²) in [6.07, 6.45) is 0. The van der Waals surface area contributed by atoms with Gasteiger partial charge < -0.3 is 20.3 Å². The van der Waals surface area contributed by atoms with Crippen LogP contribution in [0.4, 0.5) is 5.69 Å². The van der Waals surface area contributed by atoms with E-state index in [9.17, 15) is 9.90 Å². The summed E-state index contributed by atoms with van der Waals surface area (Å²) in [7, 11) is 0. The first-order valence-electron chi connectivity index (χ1n) is 3.41. The van der Waals surface area contributed by atoms with Crippen molar-refractivity contribution < 1.29 is 44.6 Å². The Labute approximate surface area is 97.9 Å². The van der Waals surface area contributed by atoms with Gasteiger partial charge in [-0.1, -0.05) is 0 Å². The molecule has 0 saturated heterocycles. The number of carboxylic acid groups (broad SMARTS) is 1. The molecule has 0 unspecified atom stereocenters. The van der Waals surface area contributed by atoms with E-state index in [1.54, 1.807) is 12.1 Å². The minimum Gasteiger partial charge on any atom is -0.548 e. The number of phenols is 1. The van der Waals surface area contributed by atoms with Crippen molar-refractivity contribution in [3.8, 4) is 5.75 Å². The van der Waals surface area contributed by atoms with Crippen molar-refractivity contribution in [3.05, 3.63) is 24.3 Å². The summed E-state index contributed by atoms with van der Waals surface area (Å²) in [6, 6.07) is 6.10. The van der Waals surface area contributed by atoms with Crippen LogP contribution in [0.25, 0.3) is 0 Å². The molecule has 1 aromatic carbocycles. The van der Waals surface area contributed by atoms with Crippen LogP contribution in [-0.2, 0) is 4.79 Å². The summed E-state index contributed by atoms with van der Waals surface area (Å²) >= 11 is 0. The van der Waals surface area contributed by atoms with Gasteiger partial charge in [-0.05, 0) is 24.3 Å². The van der Waals surface area contributed by atoms with Gasteiger partial charge in [-0.2, -0.15) is 0 Å². The first kappa shape index (κ1) is 12.3. The Morgan fingerprint density at radius 1 is 1.38 bits per heavy atom. The molecule has 0 heterocycles. The number of hydrogen-bond donors (Lipinski definition) is 2. The number of aliphatic carboxylic acids is 1. The third kappa shape index (κ3) is 4.77. The fraction of sp³-hybridized carbons (Fsp3) is 0.125. The molecule has 0 aromatic heterocycles. The average molecular weight is 189 g/mol. The maximum Gasteiger partial charge on any atom is 1.00 e. The van der Waals surface area contributed by atoms with E-state index in [-0.39, 0.29) is 41.9 Å². The molecule has 64 valence electrons. The van der Waals surface area contributed by atoms with Crippen LogP contribution in [0.2, 0.25) is 0 Å². The van der Waals surface area contributed by atoms with Crippen molar-refractivity contribution in [3.63, 3.8) is 0 Å². The number of hydrogen-bond acceptors (Lipinski definition) is 4. The van der Waals surface area contributed by atoms with Crippen LogP contribution < -0.4 is 40.0 Å². The summed E-state index contributed by atoms with van der Waals surface area (Å²) in [5, 5.41) is 21.5. The molecule has 1 rings (SSSR count). The topological polar surface area (TPSA) is 72.4 Å². The third-order valence-electron chi connectivity index (χ3n) is 1.30. The smallest absolute Gasteiger partial charge is 0.548 e. The van der Waals surface area contributed by atoms with Crippen LogP contribution in [0, 0.1) is 0 Å². The molecule has 2 N–H and O–H groups in total. The monoisotopic (exact) mass is 189 g/mol. The Hall–Kier alpha value is -0.710. The standard InChI is InChI=1S/C8H9NO3.Na/c10-7-3-1-6(2-4-7)9-5-8(11)12;/h1-4,9-10H,5H2,(H,11,12);/q;+1/p-1. The second-order valence-electron chi connectivity index (χ2n) is 2.27. The Bertz CT molecular complexity index is 273. The number of aromatic hydroxyl groups is 1. The molecule has 4 nitrogen and oxygen atoms in total. The van der Waals surface area contributed by atoms with Gasteiger partial charge in [0, 0.05) is 5.69 Å². The van der Waals surface area contributed by atoms with Crippen LogP contribution in [0.1, 0.15) is 0 Å². The van der Waals surface area contributed by atoms with Gasteiger partial charge in [0.1, 0.15) is 5.75 Å². The number of phenolic OH excluding ortho intramolecular Hbond substituents is 1. The van der Waals surface area contributed by atoms with Gasteiger partial charge in [0.2, 0.25) is 0 Å². The number of nitrogens with one attached hydrogen (secondary N) is 1. The van der Waals surface area contributed by atoms with Gasteiger partial charge in [-0.3, -0.25) is 0 Å². The number of anilines is 1. The number of benzene rings is 1. The van der Waals surface area contributed by atoms with Crippen molar-refractivity contribution in [2.75, 3.05) is 11.9 Å². The van der Waals surface area contributed by atoms with Gasteiger partial charge in [0.25, 0.3) is 0 Å². The Kier molecular flexibility index (Phi) is 5.53. The van der Waals surface area contributed by atoms with E-state index < -0.39 is 5.97 Å². The molecule has 13 heavy (non-hydrogen) atoms. The van der Waals surface area contributed by atoms with Crippen molar-refractivity contribution >= 4 is 11.7 Å². The molecule has 0 spiro atoms. The molecule has 0 saturated carbocycles. The summed E-state index contributed by atoms with van der Waals surface area (Å²) in [6.45, 7) is -0.231. The normalized spacial score (nSPS) is 8.62. The zero-order valence-electron chi connectivity index (χ0n) is 7.28. The molecule has 5 heteroatoms. The van der Waals surface area contributed by atoms with Crippen LogP contribution in [-0.4, -0.2) is 17.6 Å². The zero-order chi connectivity index (χ0) is 8.97. The minimum absolute atomic E-state index is 0. The minimum atomic E-state index is -1.16. The summed E-state index contributed by atoms with van der Waals surface area (Å²) in [4.78, 5) is 10.0. The molecule has 0 radical (unpaired) electrons. The average Bonchev–Trinajstić information content (AvgIpc) is 2.03. The Balaban J connectivity index is 0.00000144. The van der Waals surface area contributed by atoms with Crippen LogP contribution in [0.5, 0.6) is 5.75 Å². The molecule has 1 aromatic rings. The quantitative estimate of drug-likeness (QED) is 0.383. The molecule has 0 atom stereocenters. The van der Waals surface area contributed by atoms with E-state index in [1.807, 2.05) is 0 Å². The molecule has 0 aliphatic heterocycles. The first-order chi connectivity index (χ1) is 5.68. The maximum absolute atomic E-state index is 10.0. The predicted molar refractivity (Wildman–Crippen MR) is 41.6 cm³/mol. The van der Waals surface area contributed by atoms with Gasteiger partial charge >= 0.3 is 29.6 Å². The summed E-state index contributed by atoms with van der Waals surface area (Å²) in [5.74, 6) is -1.02. The van der Waals surface area contributed by atoms with E-state index >= 15 is 0 Å². The predicted octanol–water partition coefficient (Wildman–Crippen LogP) is -3.44. The molecule has 0 bridgehead atoms. The van der Waals surface area contributed by atoms with E-state index in [2.05, 4.69) is 5.32 Å². The van der Waals surface area contributed by atoms with Crippen molar-refractivity contribution in [2.24, 2.45) is 0 Å². The third-order valence-corrected chi connectivity index (χ3v) is 1.30. The van der Waals surface area contributed by atoms with Crippen LogP contribution in [0.3, 0.4) is 0 Å². The number of carbonyl (C=O) groups is 1. The fourth-order valence-electron chi connectivity index (χ4n) is 0.754. The molecule has 0 amide bonds. The van der Waals surface area contributed by atoms with E-state index in [0.717, 1.165) is 0 Å². The SMILES string of the molecule is O=C([O-])CNc1ccc(O)cc1.[Na+]. The van der Waals surface area contributed by atoms with E-state index in [1.165, 1.54) is 12.1 Å². The van der Waals surface area contributed by atoms with Crippen molar-refractivity contribution in [2.45, 2.75) is 0 Å². The summed E-state index contributed by atoms with van der Waals surface area (Å²) in [5.41, 5.74) is 0.636. The molecule has 0 aliphatic rings. The molecular weight excluding hydrogens is 181 g/mol. The van der Waals surface area contributed by atoms with Crippen molar-refractivity contribution in [1.29, 1.82) is 0 Å². The van der Waals surface area contributed by atoms with Gasteiger partial charge in [0.15, 0.2) is 0 Å². The summed E-state index contributed by atoms with van der Waals surface area (Å²) < 4.78 is 0. The van der Waals surface area contributed by atoms with Gasteiger partial charge in [-0.25, -0.2) is 0 Å². The molecule has 0 fully saturated rings. The van der Waals surface area contributed by atoms with Gasteiger partial charge in [0.05, 0.1) is 12.5 Å². The number of carboxylic acids is 1. The van der Waals surface area contributed by atoms with Crippen LogP contribution >= 0.6 is 0 Å². The van der Waals surface area contributed by atoms with Crippen LogP contribution in [0.15, 0.2) is 24.3 Å². The second-order valence-corrected chi connectivity index (χ2v) is 2.27. The molecular formula is C8H8NNaO3. The van der Waals surface area contributed by atoms with E-state index in [4.69, 9.17) is 5.11 Å². The fourth-order valence-corrected chi connectivity index (χ4v) is 0.754. The largest absolute Gasteiger partial charge is 1.00 e. The maximum atomic E-state index is 10.0. The zero-order valence-corrected chi connectivity index (χ0v) is 9.28. The first-order valence-corrected chi connectivity index (χ1v) is 3.41.